The molecule has 1 aromatic carbocycles. The highest BCUT2D eigenvalue weighted by molar-refractivity contribution is 9.11. The number of nitrogens with zero attached hydrogens (tertiary/aromatic N) is 2. The SMILES string of the molecule is O=C(COc1c(Br)cc(Br)cc1Br)NN=Cc1cccnc1. The summed E-state index contributed by atoms with van der Waals surface area (Å²) in [5.74, 6) is 0.191. The van der Waals surface area contributed by atoms with Crippen LogP contribution in [0.3, 0.4) is 0 Å². The highest BCUT2D eigenvalue weighted by Crippen LogP contribution is 2.36. The fourth-order valence-corrected chi connectivity index (χ4v) is 3.96. The third kappa shape index (κ3) is 5.19. The van der Waals surface area contributed by atoms with Gasteiger partial charge < -0.3 is 4.74 Å². The number of pyridine rings is 1. The molecule has 0 bridgehead atoms. The van der Waals surface area contributed by atoms with Gasteiger partial charge in [0.15, 0.2) is 6.61 Å². The van der Waals surface area contributed by atoms with Crippen LogP contribution in [0.5, 0.6) is 5.75 Å². The van der Waals surface area contributed by atoms with Gasteiger partial charge in [-0.2, -0.15) is 5.10 Å². The van der Waals surface area contributed by atoms with Crippen LogP contribution in [0.1, 0.15) is 5.56 Å². The third-order valence-electron chi connectivity index (χ3n) is 2.40. The minimum Gasteiger partial charge on any atom is -0.481 e. The molecule has 2 aromatic rings. The standard InChI is InChI=1S/C14H10Br3N3O2/c15-10-4-11(16)14(12(17)5-10)22-8-13(21)20-19-7-9-2-1-3-18-6-9/h1-7H,8H2,(H,20,21). The van der Waals surface area contributed by atoms with Gasteiger partial charge in [-0.25, -0.2) is 5.43 Å². The second kappa shape index (κ2) is 8.40. The van der Waals surface area contributed by atoms with E-state index in [0.29, 0.717) is 5.75 Å². The number of carbonyl (C=O) groups is 1. The molecule has 1 heterocycles. The van der Waals surface area contributed by atoms with E-state index in [-0.39, 0.29) is 12.5 Å². The average molecular weight is 492 g/mol. The lowest BCUT2D eigenvalue weighted by Gasteiger charge is -2.09. The quantitative estimate of drug-likeness (QED) is 0.509. The van der Waals surface area contributed by atoms with Crippen molar-refractivity contribution >= 4 is 59.9 Å². The maximum atomic E-state index is 11.7. The van der Waals surface area contributed by atoms with Gasteiger partial charge in [-0.15, -0.1) is 0 Å². The van der Waals surface area contributed by atoms with E-state index in [1.165, 1.54) is 6.21 Å². The summed E-state index contributed by atoms with van der Waals surface area (Å²) in [6.07, 6.45) is 4.82. The first kappa shape index (κ1) is 17.1. The molecule has 5 nitrogen and oxygen atoms in total. The number of hydrogen-bond donors (Lipinski definition) is 1. The highest BCUT2D eigenvalue weighted by atomic mass is 79.9. The minimum absolute atomic E-state index is 0.150. The molecule has 0 saturated heterocycles. The van der Waals surface area contributed by atoms with E-state index < -0.39 is 0 Å². The van der Waals surface area contributed by atoms with Gasteiger partial charge in [-0.05, 0) is 50.1 Å². The van der Waals surface area contributed by atoms with Crippen LogP contribution in [-0.2, 0) is 4.79 Å². The van der Waals surface area contributed by atoms with Crippen LogP contribution in [-0.4, -0.2) is 23.7 Å². The first-order valence-corrected chi connectivity index (χ1v) is 8.43. The predicted octanol–water partition coefficient (Wildman–Crippen LogP) is 3.90. The van der Waals surface area contributed by atoms with E-state index in [2.05, 4.69) is 63.3 Å². The van der Waals surface area contributed by atoms with Crippen molar-refractivity contribution < 1.29 is 9.53 Å². The molecule has 0 unspecified atom stereocenters. The zero-order valence-electron chi connectivity index (χ0n) is 11.1. The Labute approximate surface area is 152 Å². The maximum absolute atomic E-state index is 11.7. The van der Waals surface area contributed by atoms with Crippen molar-refractivity contribution in [1.82, 2.24) is 10.4 Å². The topological polar surface area (TPSA) is 63.6 Å². The zero-order chi connectivity index (χ0) is 15.9. The summed E-state index contributed by atoms with van der Waals surface area (Å²) in [7, 11) is 0. The Bertz CT molecular complexity index is 670. The molecule has 0 aliphatic carbocycles. The number of aromatic nitrogens is 1. The summed E-state index contributed by atoms with van der Waals surface area (Å²) in [5, 5.41) is 3.84. The zero-order valence-corrected chi connectivity index (χ0v) is 15.9. The summed E-state index contributed by atoms with van der Waals surface area (Å²) in [6, 6.07) is 7.28. The summed E-state index contributed by atoms with van der Waals surface area (Å²) >= 11 is 10.1. The van der Waals surface area contributed by atoms with Crippen LogP contribution in [0.25, 0.3) is 0 Å². The van der Waals surface area contributed by atoms with Crippen LogP contribution >= 0.6 is 47.8 Å². The molecule has 22 heavy (non-hydrogen) atoms. The van der Waals surface area contributed by atoms with Crippen molar-refractivity contribution in [2.75, 3.05) is 6.61 Å². The fourth-order valence-electron chi connectivity index (χ4n) is 1.47. The van der Waals surface area contributed by atoms with Crippen molar-refractivity contribution in [3.05, 3.63) is 55.6 Å². The molecule has 0 radical (unpaired) electrons. The molecule has 1 N–H and O–H groups in total. The van der Waals surface area contributed by atoms with Crippen molar-refractivity contribution in [1.29, 1.82) is 0 Å². The van der Waals surface area contributed by atoms with E-state index in [4.69, 9.17) is 4.74 Å². The summed E-state index contributed by atoms with van der Waals surface area (Å²) < 4.78 is 7.84. The molecule has 0 fully saturated rings. The number of ether oxygens (including phenoxy) is 1. The Morgan fingerprint density at radius 1 is 1.32 bits per heavy atom. The van der Waals surface area contributed by atoms with Gasteiger partial charge in [0.25, 0.3) is 5.91 Å². The maximum Gasteiger partial charge on any atom is 0.277 e. The van der Waals surface area contributed by atoms with Gasteiger partial charge in [0, 0.05) is 22.4 Å². The fraction of sp³-hybridized carbons (Fsp3) is 0.0714. The predicted molar refractivity (Wildman–Crippen MR) is 95.0 cm³/mol. The number of hydrogen-bond acceptors (Lipinski definition) is 4. The molecule has 0 aliphatic rings. The Balaban J connectivity index is 1.87. The molecule has 0 aliphatic heterocycles. The second-order valence-corrected chi connectivity index (χ2v) is 6.69. The number of benzene rings is 1. The summed E-state index contributed by atoms with van der Waals surface area (Å²) in [5.41, 5.74) is 3.18. The van der Waals surface area contributed by atoms with E-state index in [9.17, 15) is 4.79 Å². The molecule has 1 amide bonds. The number of carbonyl (C=O) groups excluding carboxylic acids is 1. The number of hydrazone groups is 1. The minimum atomic E-state index is -0.359. The lowest BCUT2D eigenvalue weighted by molar-refractivity contribution is -0.123. The number of halogens is 3. The van der Waals surface area contributed by atoms with Crippen LogP contribution in [0.4, 0.5) is 0 Å². The van der Waals surface area contributed by atoms with Crippen molar-refractivity contribution in [2.45, 2.75) is 0 Å². The summed E-state index contributed by atoms with van der Waals surface area (Å²) in [6.45, 7) is -0.150. The molecule has 0 saturated carbocycles. The van der Waals surface area contributed by atoms with E-state index in [0.717, 1.165) is 19.0 Å². The van der Waals surface area contributed by atoms with Crippen LogP contribution in [0.2, 0.25) is 0 Å². The van der Waals surface area contributed by atoms with Gasteiger partial charge >= 0.3 is 0 Å². The summed E-state index contributed by atoms with van der Waals surface area (Å²) in [4.78, 5) is 15.6. The van der Waals surface area contributed by atoms with Gasteiger partial charge in [-0.3, -0.25) is 9.78 Å². The Morgan fingerprint density at radius 3 is 2.68 bits per heavy atom. The van der Waals surface area contributed by atoms with Crippen molar-refractivity contribution in [2.24, 2.45) is 5.10 Å². The normalized spacial score (nSPS) is 10.7. The number of nitrogens with one attached hydrogen (secondary N) is 1. The van der Waals surface area contributed by atoms with E-state index in [1.807, 2.05) is 18.2 Å². The third-order valence-corrected chi connectivity index (χ3v) is 4.03. The van der Waals surface area contributed by atoms with Crippen LogP contribution in [0, 0.1) is 0 Å². The Kier molecular flexibility index (Phi) is 6.53. The van der Waals surface area contributed by atoms with E-state index >= 15 is 0 Å². The average Bonchev–Trinajstić information content (AvgIpc) is 2.47. The number of rotatable bonds is 5. The van der Waals surface area contributed by atoms with Gasteiger partial charge in [0.2, 0.25) is 0 Å². The highest BCUT2D eigenvalue weighted by Gasteiger charge is 2.10. The molecule has 114 valence electrons. The van der Waals surface area contributed by atoms with Crippen LogP contribution < -0.4 is 10.2 Å². The lowest BCUT2D eigenvalue weighted by atomic mass is 10.3. The Morgan fingerprint density at radius 2 is 2.05 bits per heavy atom. The first-order valence-electron chi connectivity index (χ1n) is 6.05. The monoisotopic (exact) mass is 489 g/mol. The van der Waals surface area contributed by atoms with Crippen molar-refractivity contribution in [3.8, 4) is 5.75 Å². The van der Waals surface area contributed by atoms with Gasteiger partial charge in [-0.1, -0.05) is 22.0 Å². The second-order valence-electron chi connectivity index (χ2n) is 4.07. The first-order chi connectivity index (χ1) is 10.6. The Hall–Kier alpha value is -1.25. The van der Waals surface area contributed by atoms with Crippen molar-refractivity contribution in [3.63, 3.8) is 0 Å². The molecule has 2 rings (SSSR count). The lowest BCUT2D eigenvalue weighted by Crippen LogP contribution is -2.24. The van der Waals surface area contributed by atoms with E-state index in [1.54, 1.807) is 18.5 Å². The molecule has 8 heteroatoms. The molecular formula is C14H10Br3N3O2. The smallest absolute Gasteiger partial charge is 0.277 e. The van der Waals surface area contributed by atoms with Gasteiger partial charge in [0.1, 0.15) is 5.75 Å². The molecule has 1 aromatic heterocycles. The number of amides is 1. The van der Waals surface area contributed by atoms with Gasteiger partial charge in [0.05, 0.1) is 15.2 Å². The molecule has 0 spiro atoms. The largest absolute Gasteiger partial charge is 0.481 e. The molecule has 0 atom stereocenters. The van der Waals surface area contributed by atoms with Crippen LogP contribution in [0.15, 0.2) is 55.2 Å². The molecular weight excluding hydrogens is 482 g/mol.